The van der Waals surface area contributed by atoms with Gasteiger partial charge in [0.15, 0.2) is 5.69 Å². The summed E-state index contributed by atoms with van der Waals surface area (Å²) < 4.78 is 47.1. The van der Waals surface area contributed by atoms with Gasteiger partial charge < -0.3 is 14.5 Å². The van der Waals surface area contributed by atoms with Gasteiger partial charge in [-0.15, -0.1) is 11.3 Å². The van der Waals surface area contributed by atoms with Crippen molar-refractivity contribution in [1.29, 1.82) is 0 Å². The fourth-order valence-corrected chi connectivity index (χ4v) is 5.63. The molecule has 0 radical (unpaired) electrons. The van der Waals surface area contributed by atoms with E-state index in [-0.39, 0.29) is 41.3 Å². The molecule has 3 fully saturated rings. The summed E-state index contributed by atoms with van der Waals surface area (Å²) in [6.45, 7) is 3.81. The molecule has 10 heteroatoms. The van der Waals surface area contributed by atoms with Gasteiger partial charge in [-0.2, -0.15) is 18.2 Å². The first-order chi connectivity index (χ1) is 14.8. The molecule has 5 rings (SSSR count). The first kappa shape index (κ1) is 20.5. The maximum atomic E-state index is 14.1. The van der Waals surface area contributed by atoms with Crippen LogP contribution in [0.5, 0.6) is 0 Å². The van der Waals surface area contributed by atoms with E-state index in [2.05, 4.69) is 9.97 Å². The molecule has 4 atom stereocenters. The molecule has 6 nitrogen and oxygen atoms in total. The fraction of sp³-hybridized carbons (Fsp3) is 0.571. The van der Waals surface area contributed by atoms with Gasteiger partial charge in [-0.05, 0) is 42.5 Å². The van der Waals surface area contributed by atoms with Gasteiger partial charge in [0.2, 0.25) is 5.95 Å². The van der Waals surface area contributed by atoms with Crippen molar-refractivity contribution >= 4 is 29.1 Å². The van der Waals surface area contributed by atoms with E-state index in [4.69, 9.17) is 4.74 Å². The predicted octanol–water partition coefficient (Wildman–Crippen LogP) is 4.07. The summed E-state index contributed by atoms with van der Waals surface area (Å²) >= 11 is 1.26. The number of hydrogen-bond acceptors (Lipinski definition) is 7. The predicted molar refractivity (Wildman–Crippen MR) is 111 cm³/mol. The van der Waals surface area contributed by atoms with Crippen molar-refractivity contribution in [3.05, 3.63) is 23.2 Å². The molecule has 0 aromatic carbocycles. The largest absolute Gasteiger partial charge is 0.469 e. The van der Waals surface area contributed by atoms with Gasteiger partial charge in [0.05, 0.1) is 12.7 Å². The quantitative estimate of drug-likeness (QED) is 0.638. The highest BCUT2D eigenvalue weighted by Crippen LogP contribution is 2.55. The lowest BCUT2D eigenvalue weighted by atomic mass is 10.1. The molecule has 2 saturated heterocycles. The molecule has 1 saturated carbocycles. The van der Waals surface area contributed by atoms with Gasteiger partial charge in [-0.1, -0.05) is 6.07 Å². The Morgan fingerprint density at radius 1 is 1.29 bits per heavy atom. The fourth-order valence-electron chi connectivity index (χ4n) is 4.86. The lowest BCUT2D eigenvalue weighted by Gasteiger charge is -2.39. The smallest absolute Gasteiger partial charge is 0.434 e. The van der Waals surface area contributed by atoms with Gasteiger partial charge in [0.1, 0.15) is 5.82 Å². The first-order valence-electron chi connectivity index (χ1n) is 10.4. The van der Waals surface area contributed by atoms with Crippen molar-refractivity contribution in [3.63, 3.8) is 0 Å². The van der Waals surface area contributed by atoms with Crippen molar-refractivity contribution in [3.8, 4) is 10.4 Å². The Bertz CT molecular complexity index is 985. The zero-order valence-corrected chi connectivity index (χ0v) is 18.0. The molecule has 31 heavy (non-hydrogen) atoms. The highest BCUT2D eigenvalue weighted by atomic mass is 32.1. The third-order valence-corrected chi connectivity index (χ3v) is 7.68. The van der Waals surface area contributed by atoms with Gasteiger partial charge in [-0.25, -0.2) is 4.98 Å². The van der Waals surface area contributed by atoms with Crippen LogP contribution >= 0.6 is 11.3 Å². The number of ether oxygens (including phenoxy) is 1. The highest BCUT2D eigenvalue weighted by Gasteiger charge is 2.57. The summed E-state index contributed by atoms with van der Waals surface area (Å²) in [5.41, 5.74) is -0.814. The molecule has 0 bridgehead atoms. The molecule has 0 N–H and O–H groups in total. The molecule has 2 aromatic rings. The lowest BCUT2D eigenvalue weighted by molar-refractivity contribution is -0.141. The third kappa shape index (κ3) is 3.54. The summed E-state index contributed by atoms with van der Waals surface area (Å²) in [6.07, 6.45) is -3.31. The number of aromatic nitrogens is 2. The van der Waals surface area contributed by atoms with Crippen molar-refractivity contribution in [1.82, 2.24) is 9.97 Å². The van der Waals surface area contributed by atoms with Crippen molar-refractivity contribution in [2.24, 2.45) is 17.8 Å². The van der Waals surface area contributed by atoms with Gasteiger partial charge in [0, 0.05) is 37.0 Å². The normalized spacial score (nSPS) is 27.1. The van der Waals surface area contributed by atoms with Gasteiger partial charge >= 0.3 is 12.1 Å². The van der Waals surface area contributed by atoms with Crippen LogP contribution in [-0.4, -0.2) is 48.7 Å². The van der Waals surface area contributed by atoms with E-state index in [0.717, 1.165) is 6.42 Å². The number of carbonyl (C=O) groups is 1. The molecule has 2 unspecified atom stereocenters. The Morgan fingerprint density at radius 2 is 2.03 bits per heavy atom. The molecular formula is C21H23F3N4O2S. The van der Waals surface area contributed by atoms with Crippen LogP contribution in [0.25, 0.3) is 10.4 Å². The maximum absolute atomic E-state index is 14.1. The van der Waals surface area contributed by atoms with E-state index in [0.29, 0.717) is 36.8 Å². The number of fused-ring (bicyclic) bond motifs is 1. The van der Waals surface area contributed by atoms with Crippen molar-refractivity contribution in [2.75, 3.05) is 36.5 Å². The lowest BCUT2D eigenvalue weighted by Crippen LogP contribution is -2.47. The van der Waals surface area contributed by atoms with E-state index in [1.54, 1.807) is 17.5 Å². The van der Waals surface area contributed by atoms with Crippen LogP contribution < -0.4 is 9.80 Å². The zero-order chi connectivity index (χ0) is 21.9. The Balaban J connectivity index is 1.53. The number of carbonyl (C=O) groups excluding carboxylic acids is 1. The van der Waals surface area contributed by atoms with E-state index in [9.17, 15) is 18.0 Å². The zero-order valence-electron chi connectivity index (χ0n) is 17.2. The molecule has 1 aliphatic carbocycles. The maximum Gasteiger partial charge on any atom is 0.434 e. The Kier molecular flexibility index (Phi) is 4.87. The van der Waals surface area contributed by atoms with Crippen LogP contribution in [0.3, 0.4) is 0 Å². The number of nitrogens with zero attached hydrogens (tertiary/aromatic N) is 4. The van der Waals surface area contributed by atoms with Crippen LogP contribution in [0.15, 0.2) is 17.5 Å². The summed E-state index contributed by atoms with van der Waals surface area (Å²) in [6, 6.07) is 3.55. The molecule has 4 heterocycles. The van der Waals surface area contributed by atoms with Crippen molar-refractivity contribution < 1.29 is 22.7 Å². The molecule has 3 aliphatic rings. The number of thiophene rings is 1. The first-order valence-corrected chi connectivity index (χ1v) is 11.3. The average Bonchev–Trinajstić information content (AvgIpc) is 3.15. The Hall–Kier alpha value is -2.36. The summed E-state index contributed by atoms with van der Waals surface area (Å²) in [7, 11) is 1.37. The molecule has 0 amide bonds. The van der Waals surface area contributed by atoms with Crippen LogP contribution in [0.2, 0.25) is 0 Å². The topological polar surface area (TPSA) is 58.6 Å². The molecule has 2 aromatic heterocycles. The number of esters is 1. The minimum atomic E-state index is -4.59. The van der Waals surface area contributed by atoms with Crippen molar-refractivity contribution in [2.45, 2.75) is 32.0 Å². The van der Waals surface area contributed by atoms with E-state index in [1.807, 2.05) is 16.7 Å². The van der Waals surface area contributed by atoms with Gasteiger partial charge in [-0.3, -0.25) is 4.79 Å². The number of piperidine rings is 1. The van der Waals surface area contributed by atoms with Crippen LogP contribution in [0, 0.1) is 17.8 Å². The van der Waals surface area contributed by atoms with E-state index in [1.165, 1.54) is 18.4 Å². The number of anilines is 2. The number of halogens is 3. The minimum absolute atomic E-state index is 0.0604. The molecule has 0 spiro atoms. The van der Waals surface area contributed by atoms with Gasteiger partial charge in [0.25, 0.3) is 0 Å². The SMILES string of the molecule is COC(=O)CC1[C@H]2CN(c3nc(N4CCC4C)nc(C(F)(F)F)c3-c3cccs3)C[C@@H]12. The number of methoxy groups -OCH3 is 1. The van der Waals surface area contributed by atoms with Crippen LogP contribution in [0.1, 0.15) is 25.5 Å². The summed E-state index contributed by atoms with van der Waals surface area (Å²) in [4.78, 5) is 24.6. The molecule has 2 aliphatic heterocycles. The average molecular weight is 453 g/mol. The van der Waals surface area contributed by atoms with E-state index < -0.39 is 11.9 Å². The second kappa shape index (κ2) is 7.36. The van der Waals surface area contributed by atoms with Crippen LogP contribution in [-0.2, 0) is 15.7 Å². The second-order valence-electron chi connectivity index (χ2n) is 8.55. The number of hydrogen-bond donors (Lipinski definition) is 0. The second-order valence-corrected chi connectivity index (χ2v) is 9.50. The number of alkyl halides is 3. The number of rotatable bonds is 5. The third-order valence-electron chi connectivity index (χ3n) is 6.79. The summed E-state index contributed by atoms with van der Waals surface area (Å²) in [5, 5.41) is 1.76. The molecule has 166 valence electrons. The monoisotopic (exact) mass is 452 g/mol. The van der Waals surface area contributed by atoms with E-state index >= 15 is 0 Å². The minimum Gasteiger partial charge on any atom is -0.469 e. The highest BCUT2D eigenvalue weighted by molar-refractivity contribution is 7.13. The molecular weight excluding hydrogens is 429 g/mol. The Labute approximate surface area is 182 Å². The summed E-state index contributed by atoms with van der Waals surface area (Å²) in [5.74, 6) is 1.07. The van der Waals surface area contributed by atoms with Crippen LogP contribution in [0.4, 0.5) is 24.9 Å². The standard InChI is InChI=1S/C21H23F3N4O2S/c1-11-5-6-28(11)20-25-18(21(22,23)24)17(15-4-3-7-31-15)19(26-20)27-9-13-12(14(13)10-27)8-16(29)30-2/h3-4,7,11-14H,5-6,8-10H2,1-2H3/t11?,12?,13-,14+. The Morgan fingerprint density at radius 3 is 2.55 bits per heavy atom.